The Morgan fingerprint density at radius 3 is 2.63 bits per heavy atom. The Labute approximate surface area is 242 Å². The van der Waals surface area contributed by atoms with Gasteiger partial charge in [0.1, 0.15) is 35.5 Å². The summed E-state index contributed by atoms with van der Waals surface area (Å²) < 4.78 is 70.9. The third-order valence-electron chi connectivity index (χ3n) is 7.30. The molecule has 3 aromatic heterocycles. The second-order valence-electron chi connectivity index (χ2n) is 10.2. The van der Waals surface area contributed by atoms with E-state index in [1.807, 2.05) is 0 Å². The molecule has 2 aromatic carbocycles. The van der Waals surface area contributed by atoms with Gasteiger partial charge in [0.05, 0.1) is 34.9 Å². The van der Waals surface area contributed by atoms with E-state index in [1.54, 1.807) is 16.7 Å². The molecule has 4 heterocycles. The number of rotatable bonds is 10. The summed E-state index contributed by atoms with van der Waals surface area (Å²) in [4.78, 5) is 20.4. The summed E-state index contributed by atoms with van der Waals surface area (Å²) in [5.74, 6) is -1.95. The van der Waals surface area contributed by atoms with Crippen LogP contribution in [0.15, 0.2) is 54.6 Å². The van der Waals surface area contributed by atoms with E-state index in [4.69, 9.17) is 9.47 Å². The number of carboxylic acid groups (broad SMARTS) is 1. The fraction of sp³-hybridized carbons (Fsp3) is 0.267. The van der Waals surface area contributed by atoms with Crippen molar-refractivity contribution >= 4 is 17.0 Å². The van der Waals surface area contributed by atoms with Crippen LogP contribution in [-0.4, -0.2) is 48.1 Å². The number of carboxylic acids is 1. The second kappa shape index (κ2) is 11.5. The second-order valence-corrected chi connectivity index (χ2v) is 10.2. The number of carbonyl (C=O) groups is 1. The van der Waals surface area contributed by atoms with Crippen LogP contribution in [0.2, 0.25) is 0 Å². The molecule has 222 valence electrons. The number of aromatic nitrogens is 5. The van der Waals surface area contributed by atoms with E-state index in [-0.39, 0.29) is 58.8 Å². The molecule has 1 unspecified atom stereocenters. The summed E-state index contributed by atoms with van der Waals surface area (Å²) >= 11 is 0. The van der Waals surface area contributed by atoms with Crippen LogP contribution in [0.4, 0.5) is 17.6 Å². The topological polar surface area (TPSA) is 104 Å². The lowest BCUT2D eigenvalue weighted by Crippen LogP contribution is -2.31. The molecule has 9 nitrogen and oxygen atoms in total. The summed E-state index contributed by atoms with van der Waals surface area (Å²) in [5.41, 5.74) is 1.29. The van der Waals surface area contributed by atoms with Gasteiger partial charge in [-0.25, -0.2) is 32.3 Å². The minimum absolute atomic E-state index is 0.0475. The predicted molar refractivity (Wildman–Crippen MR) is 146 cm³/mol. The van der Waals surface area contributed by atoms with Crippen molar-refractivity contribution in [3.05, 3.63) is 94.6 Å². The van der Waals surface area contributed by atoms with Gasteiger partial charge in [0.25, 0.3) is 6.43 Å². The molecule has 0 saturated carbocycles. The van der Waals surface area contributed by atoms with Gasteiger partial charge in [-0.15, -0.1) is 0 Å². The van der Waals surface area contributed by atoms with Crippen molar-refractivity contribution in [1.82, 2.24) is 24.3 Å². The normalized spacial score (nSPS) is 14.8. The Bertz CT molecular complexity index is 1830. The van der Waals surface area contributed by atoms with Gasteiger partial charge in [0.15, 0.2) is 0 Å². The lowest BCUT2D eigenvalue weighted by molar-refractivity contribution is -0.0589. The molecule has 13 heteroatoms. The minimum atomic E-state index is -2.69. The van der Waals surface area contributed by atoms with Crippen molar-refractivity contribution < 1.29 is 36.9 Å². The van der Waals surface area contributed by atoms with Gasteiger partial charge in [-0.3, -0.25) is 4.68 Å². The Morgan fingerprint density at radius 1 is 1.12 bits per heavy atom. The van der Waals surface area contributed by atoms with Crippen molar-refractivity contribution in [2.24, 2.45) is 7.05 Å². The number of ether oxygens (including phenoxy) is 2. The number of hydrogen-bond donors (Lipinski definition) is 1. The molecule has 5 aromatic rings. The molecule has 0 spiro atoms. The first-order chi connectivity index (χ1) is 20.7. The Hall–Kier alpha value is -4.78. The van der Waals surface area contributed by atoms with Crippen molar-refractivity contribution in [3.8, 4) is 17.1 Å². The van der Waals surface area contributed by atoms with E-state index in [0.29, 0.717) is 30.0 Å². The van der Waals surface area contributed by atoms with Crippen LogP contribution in [0.5, 0.6) is 5.88 Å². The van der Waals surface area contributed by atoms with E-state index < -0.39 is 24.0 Å². The van der Waals surface area contributed by atoms with Crippen molar-refractivity contribution in [3.63, 3.8) is 0 Å². The number of benzene rings is 2. The number of imidazole rings is 1. The average molecular weight is 596 g/mol. The number of alkyl halides is 2. The highest BCUT2D eigenvalue weighted by atomic mass is 19.3. The SMILES string of the molecule is Cn1nc(COc2cccc(-c3cc(F)c(Cc4nc5ccc(C(=O)O)cc5n4CC4CCO4)cc3F)n2)cc1C(F)F. The highest BCUT2D eigenvalue weighted by Gasteiger charge is 2.24. The molecule has 1 aliphatic heterocycles. The molecule has 1 aliphatic rings. The highest BCUT2D eigenvalue weighted by molar-refractivity contribution is 5.92. The first kappa shape index (κ1) is 28.3. The van der Waals surface area contributed by atoms with Crippen molar-refractivity contribution in [2.75, 3.05) is 6.61 Å². The molecular weight excluding hydrogens is 570 g/mol. The van der Waals surface area contributed by atoms with Crippen LogP contribution < -0.4 is 4.74 Å². The fourth-order valence-corrected chi connectivity index (χ4v) is 4.98. The summed E-state index contributed by atoms with van der Waals surface area (Å²) in [5, 5.41) is 13.4. The third kappa shape index (κ3) is 5.80. The minimum Gasteiger partial charge on any atom is -0.478 e. The highest BCUT2D eigenvalue weighted by Crippen LogP contribution is 2.29. The molecule has 0 radical (unpaired) electrons. The Balaban J connectivity index is 1.25. The molecule has 0 amide bonds. The number of hydrogen-bond acceptors (Lipinski definition) is 6. The smallest absolute Gasteiger partial charge is 0.335 e. The van der Waals surface area contributed by atoms with E-state index in [9.17, 15) is 18.7 Å². The quantitative estimate of drug-likeness (QED) is 0.207. The lowest BCUT2D eigenvalue weighted by atomic mass is 10.0. The maximum Gasteiger partial charge on any atom is 0.335 e. The molecule has 0 bridgehead atoms. The Morgan fingerprint density at radius 2 is 1.93 bits per heavy atom. The molecule has 1 fully saturated rings. The zero-order valence-corrected chi connectivity index (χ0v) is 22.8. The molecule has 0 aliphatic carbocycles. The van der Waals surface area contributed by atoms with E-state index in [2.05, 4.69) is 15.1 Å². The Kier molecular flexibility index (Phi) is 7.57. The van der Waals surface area contributed by atoms with Gasteiger partial charge < -0.3 is 19.1 Å². The van der Waals surface area contributed by atoms with Gasteiger partial charge >= 0.3 is 5.97 Å². The van der Waals surface area contributed by atoms with E-state index in [1.165, 1.54) is 37.4 Å². The van der Waals surface area contributed by atoms with Gasteiger partial charge in [-0.05, 0) is 54.4 Å². The first-order valence-electron chi connectivity index (χ1n) is 13.4. The number of halogens is 4. The lowest BCUT2D eigenvalue weighted by Gasteiger charge is -2.27. The fourth-order valence-electron chi connectivity index (χ4n) is 4.98. The van der Waals surface area contributed by atoms with Gasteiger partial charge in [0.2, 0.25) is 5.88 Å². The van der Waals surface area contributed by atoms with Crippen molar-refractivity contribution in [2.45, 2.75) is 38.5 Å². The standard InChI is InChI=1S/C30H25F4N5O4/c1-38-26(29(33)34)12-18(37-38)15-43-28-4-2-3-23(36-28)20-13-21(31)17(9-22(20)32)11-27-35-24-6-5-16(30(40)41)10-25(24)39(27)14-19-7-8-42-19/h2-6,9-10,12-13,19,29H,7-8,11,14-15H2,1H3,(H,40,41). The van der Waals surface area contributed by atoms with Gasteiger partial charge in [-0.2, -0.15) is 5.10 Å². The third-order valence-corrected chi connectivity index (χ3v) is 7.30. The van der Waals surface area contributed by atoms with Crippen LogP contribution in [-0.2, 0) is 31.4 Å². The summed E-state index contributed by atoms with van der Waals surface area (Å²) in [7, 11) is 1.40. The number of aryl methyl sites for hydroxylation is 1. The maximum atomic E-state index is 15.4. The zero-order chi connectivity index (χ0) is 30.2. The zero-order valence-electron chi connectivity index (χ0n) is 22.8. The molecule has 43 heavy (non-hydrogen) atoms. The van der Waals surface area contributed by atoms with Crippen LogP contribution >= 0.6 is 0 Å². The van der Waals surface area contributed by atoms with Crippen LogP contribution in [0.3, 0.4) is 0 Å². The maximum absolute atomic E-state index is 15.4. The number of pyridine rings is 1. The van der Waals surface area contributed by atoms with E-state index in [0.717, 1.165) is 23.2 Å². The summed E-state index contributed by atoms with van der Waals surface area (Å²) in [6.07, 6.45) is -2.00. The number of aromatic carboxylic acids is 1. The summed E-state index contributed by atoms with van der Waals surface area (Å²) in [6, 6.07) is 12.5. The van der Waals surface area contributed by atoms with Gasteiger partial charge in [-0.1, -0.05) is 6.07 Å². The number of nitrogens with zero attached hydrogens (tertiary/aromatic N) is 5. The van der Waals surface area contributed by atoms with E-state index >= 15 is 8.78 Å². The summed E-state index contributed by atoms with van der Waals surface area (Å²) in [6.45, 7) is 0.876. The molecule has 1 saturated heterocycles. The van der Waals surface area contributed by atoms with Crippen LogP contribution in [0.1, 0.15) is 46.0 Å². The molecule has 1 atom stereocenters. The molecule has 1 N–H and O–H groups in total. The monoisotopic (exact) mass is 595 g/mol. The number of fused-ring (bicyclic) bond motifs is 1. The van der Waals surface area contributed by atoms with Crippen molar-refractivity contribution in [1.29, 1.82) is 0 Å². The predicted octanol–water partition coefficient (Wildman–Crippen LogP) is 5.70. The molecule has 6 rings (SSSR count). The first-order valence-corrected chi connectivity index (χ1v) is 13.4. The van der Waals surface area contributed by atoms with Crippen LogP contribution in [0, 0.1) is 11.6 Å². The molecular formula is C30H25F4N5O4. The largest absolute Gasteiger partial charge is 0.478 e. The van der Waals surface area contributed by atoms with Gasteiger partial charge in [0, 0.05) is 31.7 Å². The van der Waals surface area contributed by atoms with Crippen LogP contribution in [0.25, 0.3) is 22.3 Å². The average Bonchev–Trinajstić information content (AvgIpc) is 3.50.